The smallest absolute Gasteiger partial charge is 0.297 e. The van der Waals surface area contributed by atoms with Crippen LogP contribution in [0.3, 0.4) is 0 Å². The lowest BCUT2D eigenvalue weighted by molar-refractivity contribution is 0.561. The van der Waals surface area contributed by atoms with Gasteiger partial charge in [0, 0.05) is 23.5 Å². The van der Waals surface area contributed by atoms with Crippen LogP contribution >= 0.6 is 11.6 Å². The Balaban J connectivity index is 2.32. The molecule has 0 fully saturated rings. The lowest BCUT2D eigenvalue weighted by atomic mass is 10.1. The second-order valence-corrected chi connectivity index (χ2v) is 5.21. The lowest BCUT2D eigenvalue weighted by Gasteiger charge is -2.07. The van der Waals surface area contributed by atoms with Crippen molar-refractivity contribution in [2.24, 2.45) is 0 Å². The van der Waals surface area contributed by atoms with Gasteiger partial charge in [-0.05, 0) is 38.0 Å². The first-order chi connectivity index (χ1) is 8.49. The van der Waals surface area contributed by atoms with Crippen LogP contribution in [-0.4, -0.2) is 9.13 Å². The number of nitrogens with zero attached hydrogens (tertiary/aromatic N) is 2. The first-order valence-corrected chi connectivity index (χ1v) is 6.39. The van der Waals surface area contributed by atoms with Gasteiger partial charge in [-0.15, -0.1) is 0 Å². The summed E-state index contributed by atoms with van der Waals surface area (Å²) in [6.45, 7) is 6.49. The van der Waals surface area contributed by atoms with Crippen LogP contribution in [0.25, 0.3) is 0 Å². The third kappa shape index (κ3) is 2.51. The van der Waals surface area contributed by atoms with Crippen molar-refractivity contribution < 1.29 is 0 Å². The number of hydrogen-bond acceptors (Lipinski definition) is 1. The summed E-state index contributed by atoms with van der Waals surface area (Å²) in [6, 6.07) is 6.07. The quantitative estimate of drug-likeness (QED) is 0.836. The maximum Gasteiger partial charge on any atom is 0.328 e. The Bertz CT molecular complexity index is 610. The van der Waals surface area contributed by atoms with Crippen molar-refractivity contribution in [2.45, 2.75) is 33.4 Å². The first-order valence-electron chi connectivity index (χ1n) is 6.01. The topological polar surface area (TPSA) is 26.9 Å². The van der Waals surface area contributed by atoms with Crippen LogP contribution in [0.5, 0.6) is 0 Å². The van der Waals surface area contributed by atoms with Gasteiger partial charge in [0.25, 0.3) is 0 Å². The van der Waals surface area contributed by atoms with Crippen molar-refractivity contribution in [3.8, 4) is 0 Å². The fourth-order valence-electron chi connectivity index (χ4n) is 1.91. The van der Waals surface area contributed by atoms with Crippen LogP contribution in [0, 0.1) is 6.92 Å². The van der Waals surface area contributed by atoms with Crippen molar-refractivity contribution in [2.75, 3.05) is 0 Å². The minimum atomic E-state index is 0.00152. The molecule has 0 N–H and O–H groups in total. The molecule has 0 saturated carbocycles. The second kappa shape index (κ2) is 5.02. The summed E-state index contributed by atoms with van der Waals surface area (Å²) in [7, 11) is 0. The van der Waals surface area contributed by atoms with Gasteiger partial charge < -0.3 is 0 Å². The van der Waals surface area contributed by atoms with Gasteiger partial charge in [-0.25, -0.2) is 4.79 Å². The molecule has 0 spiro atoms. The normalized spacial score (nSPS) is 11.2. The predicted octanol–water partition coefficient (Wildman–Crippen LogP) is 3.24. The number of benzene rings is 1. The Hall–Kier alpha value is -1.48. The highest BCUT2D eigenvalue weighted by molar-refractivity contribution is 6.31. The predicted molar refractivity (Wildman–Crippen MR) is 74.4 cm³/mol. The molecule has 0 radical (unpaired) electrons. The molecule has 1 aromatic heterocycles. The van der Waals surface area contributed by atoms with Crippen molar-refractivity contribution in [1.82, 2.24) is 9.13 Å². The fraction of sp³-hybridized carbons (Fsp3) is 0.357. The van der Waals surface area contributed by atoms with Crippen LogP contribution in [0.1, 0.15) is 31.0 Å². The molecule has 0 bridgehead atoms. The number of aromatic nitrogens is 2. The van der Waals surface area contributed by atoms with Crippen molar-refractivity contribution in [1.29, 1.82) is 0 Å². The number of hydrogen-bond donors (Lipinski definition) is 0. The first kappa shape index (κ1) is 13.0. The molecule has 2 aromatic rings. The van der Waals surface area contributed by atoms with Crippen molar-refractivity contribution in [3.05, 3.63) is 57.2 Å². The molecule has 96 valence electrons. The van der Waals surface area contributed by atoms with Gasteiger partial charge >= 0.3 is 5.69 Å². The molecule has 0 unspecified atom stereocenters. The summed E-state index contributed by atoms with van der Waals surface area (Å²) >= 11 is 6.18. The second-order valence-electron chi connectivity index (χ2n) is 4.80. The van der Waals surface area contributed by atoms with Gasteiger partial charge in [0.15, 0.2) is 0 Å². The molecule has 0 amide bonds. The van der Waals surface area contributed by atoms with Gasteiger partial charge in [-0.3, -0.25) is 9.13 Å². The average Bonchev–Trinajstić information content (AvgIpc) is 2.64. The van der Waals surface area contributed by atoms with Crippen LogP contribution in [0.2, 0.25) is 5.02 Å². The van der Waals surface area contributed by atoms with E-state index in [4.69, 9.17) is 11.6 Å². The Kier molecular flexibility index (Phi) is 3.62. The standard InChI is InChI=1S/C14H17ClN2O/c1-10(2)17-7-6-16(14(17)18)9-12-5-4-11(3)8-13(12)15/h4-8,10H,9H2,1-3H3. The van der Waals surface area contributed by atoms with E-state index in [1.165, 1.54) is 0 Å². The highest BCUT2D eigenvalue weighted by Gasteiger charge is 2.08. The number of halogens is 1. The van der Waals surface area contributed by atoms with E-state index in [-0.39, 0.29) is 11.7 Å². The van der Waals surface area contributed by atoms with Gasteiger partial charge in [-0.2, -0.15) is 0 Å². The minimum absolute atomic E-state index is 0.00152. The molecule has 0 aliphatic heterocycles. The van der Waals surface area contributed by atoms with Gasteiger partial charge in [0.05, 0.1) is 6.54 Å². The molecule has 0 aliphatic carbocycles. The molecule has 2 rings (SSSR count). The SMILES string of the molecule is Cc1ccc(Cn2ccn(C(C)C)c2=O)c(Cl)c1. The minimum Gasteiger partial charge on any atom is -0.297 e. The maximum absolute atomic E-state index is 12.1. The van der Waals surface area contributed by atoms with E-state index in [1.807, 2.05) is 45.2 Å². The summed E-state index contributed by atoms with van der Waals surface area (Å²) < 4.78 is 3.39. The number of aryl methyl sites for hydroxylation is 1. The molecule has 18 heavy (non-hydrogen) atoms. The highest BCUT2D eigenvalue weighted by atomic mass is 35.5. The lowest BCUT2D eigenvalue weighted by Crippen LogP contribution is -2.25. The Labute approximate surface area is 112 Å². The monoisotopic (exact) mass is 264 g/mol. The summed E-state index contributed by atoms with van der Waals surface area (Å²) in [6.07, 6.45) is 3.62. The largest absolute Gasteiger partial charge is 0.328 e. The van der Waals surface area contributed by atoms with E-state index in [0.717, 1.165) is 11.1 Å². The molecule has 0 aliphatic rings. The zero-order chi connectivity index (χ0) is 13.3. The summed E-state index contributed by atoms with van der Waals surface area (Å²) in [5.74, 6) is 0. The Morgan fingerprint density at radius 1 is 1.28 bits per heavy atom. The molecule has 0 saturated heterocycles. The Morgan fingerprint density at radius 2 is 2.00 bits per heavy atom. The van der Waals surface area contributed by atoms with E-state index < -0.39 is 0 Å². The number of imidazole rings is 1. The van der Waals surface area contributed by atoms with Crippen LogP contribution in [-0.2, 0) is 6.54 Å². The molecule has 1 aromatic carbocycles. The van der Waals surface area contributed by atoms with Crippen LogP contribution in [0.15, 0.2) is 35.4 Å². The number of rotatable bonds is 3. The highest BCUT2D eigenvalue weighted by Crippen LogP contribution is 2.18. The summed E-state index contributed by atoms with van der Waals surface area (Å²) in [5, 5.41) is 0.708. The molecular weight excluding hydrogens is 248 g/mol. The Morgan fingerprint density at radius 3 is 2.56 bits per heavy atom. The maximum atomic E-state index is 12.1. The van der Waals surface area contributed by atoms with E-state index in [2.05, 4.69) is 0 Å². The molecule has 0 atom stereocenters. The average molecular weight is 265 g/mol. The third-order valence-corrected chi connectivity index (χ3v) is 3.33. The summed E-state index contributed by atoms with van der Waals surface area (Å²) in [4.78, 5) is 12.1. The van der Waals surface area contributed by atoms with Gasteiger partial charge in [0.2, 0.25) is 0 Å². The molecule has 1 heterocycles. The third-order valence-electron chi connectivity index (χ3n) is 2.98. The molecule has 4 heteroatoms. The van der Waals surface area contributed by atoms with Crippen LogP contribution < -0.4 is 5.69 Å². The van der Waals surface area contributed by atoms with Gasteiger partial charge in [0.1, 0.15) is 0 Å². The fourth-order valence-corrected chi connectivity index (χ4v) is 2.20. The van der Waals surface area contributed by atoms with E-state index >= 15 is 0 Å². The molecule has 3 nitrogen and oxygen atoms in total. The van der Waals surface area contributed by atoms with Gasteiger partial charge in [-0.1, -0.05) is 23.7 Å². The van der Waals surface area contributed by atoms with Crippen molar-refractivity contribution >= 4 is 11.6 Å². The zero-order valence-electron chi connectivity index (χ0n) is 10.9. The van der Waals surface area contributed by atoms with Crippen LogP contribution in [0.4, 0.5) is 0 Å². The molecular formula is C14H17ClN2O. The van der Waals surface area contributed by atoms with E-state index in [9.17, 15) is 4.79 Å². The van der Waals surface area contributed by atoms with E-state index in [0.29, 0.717) is 11.6 Å². The zero-order valence-corrected chi connectivity index (χ0v) is 11.6. The van der Waals surface area contributed by atoms with E-state index in [1.54, 1.807) is 15.3 Å². The summed E-state index contributed by atoms with van der Waals surface area (Å²) in [5.41, 5.74) is 2.09. The van der Waals surface area contributed by atoms with Crippen molar-refractivity contribution in [3.63, 3.8) is 0 Å².